The smallest absolute Gasteiger partial charge is 0.234 e. The van der Waals surface area contributed by atoms with Gasteiger partial charge in [0, 0.05) is 38.3 Å². The molecule has 1 aromatic heterocycles. The van der Waals surface area contributed by atoms with Crippen molar-refractivity contribution in [2.75, 3.05) is 38.5 Å². The fraction of sp³-hybridized carbons (Fsp3) is 0.682. The molecule has 0 radical (unpaired) electrons. The van der Waals surface area contributed by atoms with Crippen LogP contribution in [-0.2, 0) is 9.59 Å². The standard InChI is InChI=1S/C22H32FN7O3/c1-29-12-15(23)10-26-20(29)18(19(24)28-33)21(31)27-17-11-25-7-4-16(17)13-5-8-30(9-6-13)22(32)14-2-3-14/h4,7,11,13-15,18-20,26H,2-3,5-6,8-10,12,24H2,1H3,(H,27,31). The summed E-state index contributed by atoms with van der Waals surface area (Å²) >= 11 is 0. The number of carbonyl (C=O) groups is 2. The number of nitroso groups, excluding NO2 is 1. The Morgan fingerprint density at radius 2 is 2.03 bits per heavy atom. The van der Waals surface area contributed by atoms with E-state index in [0.717, 1.165) is 31.2 Å². The number of halogens is 1. The van der Waals surface area contributed by atoms with E-state index in [0.29, 0.717) is 18.8 Å². The van der Waals surface area contributed by atoms with Crippen LogP contribution in [0.1, 0.15) is 37.2 Å². The molecule has 11 heteroatoms. The van der Waals surface area contributed by atoms with Gasteiger partial charge < -0.3 is 16.0 Å². The maximum Gasteiger partial charge on any atom is 0.234 e. The molecule has 2 amide bonds. The van der Waals surface area contributed by atoms with Crippen LogP contribution in [-0.4, -0.2) is 78.3 Å². The molecule has 4 N–H and O–H groups in total. The predicted octanol–water partition coefficient (Wildman–Crippen LogP) is 1.00. The second-order valence-corrected chi connectivity index (χ2v) is 9.34. The van der Waals surface area contributed by atoms with Gasteiger partial charge in [-0.2, -0.15) is 0 Å². The van der Waals surface area contributed by atoms with Crippen LogP contribution in [0.3, 0.4) is 0 Å². The number of hydrogen-bond acceptors (Lipinski definition) is 8. The number of pyridine rings is 1. The molecule has 0 bridgehead atoms. The highest BCUT2D eigenvalue weighted by molar-refractivity contribution is 5.94. The van der Waals surface area contributed by atoms with E-state index in [9.17, 15) is 18.9 Å². The van der Waals surface area contributed by atoms with Gasteiger partial charge in [-0.3, -0.25) is 24.8 Å². The molecule has 2 saturated heterocycles. The van der Waals surface area contributed by atoms with E-state index in [1.165, 1.54) is 0 Å². The SMILES string of the molecule is CN1CC(F)CNC1C(C(=O)Nc1cnccc1C1CCN(C(=O)C2CC2)CC1)C(N)N=O. The topological polar surface area (TPSA) is 133 Å². The third-order valence-corrected chi connectivity index (χ3v) is 6.93. The molecule has 33 heavy (non-hydrogen) atoms. The van der Waals surface area contributed by atoms with E-state index in [1.54, 1.807) is 24.3 Å². The first-order valence-electron chi connectivity index (χ1n) is 11.6. The fourth-order valence-corrected chi connectivity index (χ4v) is 4.93. The predicted molar refractivity (Wildman–Crippen MR) is 121 cm³/mol. The van der Waals surface area contributed by atoms with E-state index in [2.05, 4.69) is 20.8 Å². The summed E-state index contributed by atoms with van der Waals surface area (Å²) in [6.07, 6.45) is 3.87. The van der Waals surface area contributed by atoms with Gasteiger partial charge in [-0.25, -0.2) is 4.39 Å². The van der Waals surface area contributed by atoms with Crippen LogP contribution in [0.4, 0.5) is 10.1 Å². The average Bonchev–Trinajstić information content (AvgIpc) is 3.66. The lowest BCUT2D eigenvalue weighted by molar-refractivity contribution is -0.133. The molecule has 1 aromatic rings. The minimum Gasteiger partial charge on any atom is -0.342 e. The normalized spacial score (nSPS) is 26.5. The molecule has 3 heterocycles. The Kier molecular flexibility index (Phi) is 7.30. The average molecular weight is 462 g/mol. The molecular weight excluding hydrogens is 429 g/mol. The van der Waals surface area contributed by atoms with Crippen molar-refractivity contribution in [3.8, 4) is 0 Å². The minimum absolute atomic E-state index is 0.0701. The molecule has 180 valence electrons. The quantitative estimate of drug-likeness (QED) is 0.516. The Bertz CT molecular complexity index is 875. The van der Waals surface area contributed by atoms with E-state index >= 15 is 0 Å². The molecule has 4 atom stereocenters. The third kappa shape index (κ3) is 5.36. The zero-order valence-electron chi connectivity index (χ0n) is 18.8. The molecule has 2 aliphatic heterocycles. The number of nitrogens with zero attached hydrogens (tertiary/aromatic N) is 4. The number of carbonyl (C=O) groups excluding carboxylic acids is 2. The Morgan fingerprint density at radius 1 is 1.30 bits per heavy atom. The van der Waals surface area contributed by atoms with Crippen molar-refractivity contribution >= 4 is 17.5 Å². The number of piperidine rings is 1. The number of alkyl halides is 1. The number of aromatic nitrogens is 1. The fourth-order valence-electron chi connectivity index (χ4n) is 4.93. The maximum atomic E-state index is 13.7. The lowest BCUT2D eigenvalue weighted by Gasteiger charge is -2.40. The summed E-state index contributed by atoms with van der Waals surface area (Å²) in [7, 11) is 1.67. The molecule has 10 nitrogen and oxygen atoms in total. The van der Waals surface area contributed by atoms with E-state index in [-0.39, 0.29) is 30.8 Å². The molecule has 3 fully saturated rings. The van der Waals surface area contributed by atoms with Gasteiger partial charge in [0.2, 0.25) is 11.8 Å². The summed E-state index contributed by atoms with van der Waals surface area (Å²) in [5.41, 5.74) is 7.40. The van der Waals surface area contributed by atoms with Gasteiger partial charge in [-0.15, -0.1) is 4.91 Å². The number of anilines is 1. The summed E-state index contributed by atoms with van der Waals surface area (Å²) in [6.45, 7) is 1.59. The summed E-state index contributed by atoms with van der Waals surface area (Å²) in [5.74, 6) is -0.838. The number of nitrogens with one attached hydrogen (secondary N) is 2. The highest BCUT2D eigenvalue weighted by Crippen LogP contribution is 2.36. The second-order valence-electron chi connectivity index (χ2n) is 9.34. The van der Waals surface area contributed by atoms with Crippen molar-refractivity contribution in [1.82, 2.24) is 20.1 Å². The van der Waals surface area contributed by atoms with Crippen molar-refractivity contribution in [3.05, 3.63) is 28.9 Å². The Balaban J connectivity index is 1.46. The van der Waals surface area contributed by atoms with Crippen molar-refractivity contribution in [1.29, 1.82) is 0 Å². The number of nitrogens with two attached hydrogens (primary N) is 1. The summed E-state index contributed by atoms with van der Waals surface area (Å²) < 4.78 is 13.7. The van der Waals surface area contributed by atoms with Crippen LogP contribution in [0.25, 0.3) is 0 Å². The van der Waals surface area contributed by atoms with Crippen LogP contribution in [0, 0.1) is 16.7 Å². The van der Waals surface area contributed by atoms with Crippen LogP contribution in [0.15, 0.2) is 23.6 Å². The molecule has 0 aromatic carbocycles. The zero-order chi connectivity index (χ0) is 23.5. The highest BCUT2D eigenvalue weighted by atomic mass is 19.1. The number of hydrogen-bond donors (Lipinski definition) is 3. The summed E-state index contributed by atoms with van der Waals surface area (Å²) in [5, 5.41) is 8.75. The molecular formula is C22H32FN7O3. The molecule has 4 rings (SSSR count). The number of likely N-dealkylation sites (tertiary alicyclic amines) is 1. The van der Waals surface area contributed by atoms with Crippen molar-refractivity contribution in [2.24, 2.45) is 22.7 Å². The molecule has 0 spiro atoms. The van der Waals surface area contributed by atoms with E-state index < -0.39 is 30.3 Å². The van der Waals surface area contributed by atoms with Crippen molar-refractivity contribution < 1.29 is 14.0 Å². The lowest BCUT2D eigenvalue weighted by atomic mass is 9.88. The number of rotatable bonds is 7. The monoisotopic (exact) mass is 461 g/mol. The second kappa shape index (κ2) is 10.2. The lowest BCUT2D eigenvalue weighted by Crippen LogP contribution is -2.62. The number of amides is 2. The molecule has 4 unspecified atom stereocenters. The largest absolute Gasteiger partial charge is 0.342 e. The Morgan fingerprint density at radius 3 is 2.67 bits per heavy atom. The van der Waals surface area contributed by atoms with Crippen LogP contribution in [0.5, 0.6) is 0 Å². The first-order valence-corrected chi connectivity index (χ1v) is 11.6. The third-order valence-electron chi connectivity index (χ3n) is 6.93. The minimum atomic E-state index is -1.29. The van der Waals surface area contributed by atoms with Crippen LogP contribution in [0.2, 0.25) is 0 Å². The van der Waals surface area contributed by atoms with Gasteiger partial charge in [0.1, 0.15) is 12.1 Å². The van der Waals surface area contributed by atoms with Crippen molar-refractivity contribution in [3.63, 3.8) is 0 Å². The summed E-state index contributed by atoms with van der Waals surface area (Å²) in [4.78, 5) is 44.6. The van der Waals surface area contributed by atoms with E-state index in [4.69, 9.17) is 5.73 Å². The van der Waals surface area contributed by atoms with Crippen LogP contribution >= 0.6 is 0 Å². The van der Waals surface area contributed by atoms with Crippen molar-refractivity contribution in [2.45, 2.75) is 50.1 Å². The van der Waals surface area contributed by atoms with Gasteiger partial charge in [-0.1, -0.05) is 5.18 Å². The zero-order valence-corrected chi connectivity index (χ0v) is 18.8. The highest BCUT2D eigenvalue weighted by Gasteiger charge is 2.40. The first kappa shape index (κ1) is 23.7. The van der Waals surface area contributed by atoms with E-state index in [1.807, 2.05) is 11.0 Å². The Labute approximate surface area is 192 Å². The Hall–Kier alpha value is -2.50. The van der Waals surface area contributed by atoms with Gasteiger partial charge >= 0.3 is 0 Å². The van der Waals surface area contributed by atoms with Gasteiger partial charge in [0.05, 0.1) is 18.1 Å². The molecule has 1 aliphatic carbocycles. The van der Waals surface area contributed by atoms with Crippen LogP contribution < -0.4 is 16.4 Å². The molecule has 1 saturated carbocycles. The van der Waals surface area contributed by atoms with Gasteiger partial charge in [0.25, 0.3) is 0 Å². The van der Waals surface area contributed by atoms with Gasteiger partial charge in [0.15, 0.2) is 6.17 Å². The molecule has 3 aliphatic rings. The first-order chi connectivity index (χ1) is 15.9. The summed E-state index contributed by atoms with van der Waals surface area (Å²) in [6, 6.07) is 1.88. The van der Waals surface area contributed by atoms with Gasteiger partial charge in [-0.05, 0) is 50.3 Å². The maximum absolute atomic E-state index is 13.7.